The number of amides is 1. The second kappa shape index (κ2) is 8.89. The van der Waals surface area contributed by atoms with Crippen LogP contribution in [0, 0.1) is 25.1 Å². The van der Waals surface area contributed by atoms with Gasteiger partial charge in [-0.3, -0.25) is 4.79 Å². The van der Waals surface area contributed by atoms with E-state index in [1.165, 1.54) is 18.9 Å². The molecule has 4 nitrogen and oxygen atoms in total. The van der Waals surface area contributed by atoms with Crippen LogP contribution >= 0.6 is 0 Å². The number of hydrogen-bond donors (Lipinski definition) is 2. The molecule has 2 aromatic carbocycles. The number of hydrogen-bond acceptors (Lipinski definition) is 3. The van der Waals surface area contributed by atoms with Crippen molar-refractivity contribution in [1.29, 1.82) is 5.41 Å². The number of benzene rings is 2. The lowest BCUT2D eigenvalue weighted by molar-refractivity contribution is 0.0707. The third kappa shape index (κ3) is 3.96. The molecule has 1 saturated carbocycles. The number of rotatable bonds is 6. The number of allylic oxidation sites excluding steroid dienone is 1. The highest BCUT2D eigenvalue weighted by molar-refractivity contribution is 6.21. The summed E-state index contributed by atoms with van der Waals surface area (Å²) >= 11 is 0. The first-order valence-electron chi connectivity index (χ1n) is 11.5. The van der Waals surface area contributed by atoms with Crippen molar-refractivity contribution in [2.75, 3.05) is 7.05 Å². The third-order valence-electron chi connectivity index (χ3n) is 7.16. The molecule has 1 aliphatic heterocycles. The van der Waals surface area contributed by atoms with Crippen LogP contribution in [0.4, 0.5) is 4.39 Å². The summed E-state index contributed by atoms with van der Waals surface area (Å²) in [4.78, 5) is 15.2. The van der Waals surface area contributed by atoms with Crippen LogP contribution in [0.15, 0.2) is 30.5 Å². The average Bonchev–Trinajstić information content (AvgIpc) is 3.40. The summed E-state index contributed by atoms with van der Waals surface area (Å²) in [7, 11) is 1.77. The van der Waals surface area contributed by atoms with Crippen molar-refractivity contribution in [2.24, 2.45) is 0 Å². The van der Waals surface area contributed by atoms with E-state index in [0.29, 0.717) is 41.4 Å². The molecule has 0 aromatic heterocycles. The second-order valence-corrected chi connectivity index (χ2v) is 9.14. The number of halogens is 1. The Morgan fingerprint density at radius 1 is 1.19 bits per heavy atom. The van der Waals surface area contributed by atoms with E-state index in [2.05, 4.69) is 24.1 Å². The number of carbonyl (C=O) groups excluding carboxylic acids is 1. The van der Waals surface area contributed by atoms with Gasteiger partial charge < -0.3 is 15.6 Å². The average molecular weight is 434 g/mol. The molecular formula is C27H32FN3O. The lowest BCUT2D eigenvalue weighted by Gasteiger charge is -2.23. The Bertz CT molecular complexity index is 1110. The van der Waals surface area contributed by atoms with Crippen molar-refractivity contribution in [2.45, 2.75) is 65.5 Å². The summed E-state index contributed by atoms with van der Waals surface area (Å²) in [5, 5.41) is 10.9. The topological polar surface area (TPSA) is 56.2 Å². The van der Waals surface area contributed by atoms with Gasteiger partial charge in [0.25, 0.3) is 5.91 Å². The first kappa shape index (κ1) is 22.3. The van der Waals surface area contributed by atoms with E-state index in [-0.39, 0.29) is 11.7 Å². The fourth-order valence-electron chi connectivity index (χ4n) is 5.14. The molecule has 4 rings (SSSR count). The van der Waals surface area contributed by atoms with Gasteiger partial charge in [-0.15, -0.1) is 0 Å². The first-order valence-corrected chi connectivity index (χ1v) is 11.5. The summed E-state index contributed by atoms with van der Waals surface area (Å²) < 4.78 is 15.1. The van der Waals surface area contributed by atoms with Crippen LogP contribution in [0.2, 0.25) is 0 Å². The van der Waals surface area contributed by atoms with Crippen molar-refractivity contribution in [3.05, 3.63) is 75.2 Å². The van der Waals surface area contributed by atoms with Crippen LogP contribution in [-0.4, -0.2) is 29.6 Å². The molecule has 2 N–H and O–H groups in total. The van der Waals surface area contributed by atoms with Gasteiger partial charge in [0, 0.05) is 49.1 Å². The van der Waals surface area contributed by atoms with Crippen molar-refractivity contribution in [3.63, 3.8) is 0 Å². The highest BCUT2D eigenvalue weighted by atomic mass is 19.1. The number of fused-ring (bicyclic) bond motifs is 1. The van der Waals surface area contributed by atoms with E-state index in [9.17, 15) is 4.79 Å². The van der Waals surface area contributed by atoms with Crippen LogP contribution in [0.1, 0.15) is 76.3 Å². The van der Waals surface area contributed by atoms with Crippen LogP contribution in [0.25, 0.3) is 5.57 Å². The molecule has 168 valence electrons. The van der Waals surface area contributed by atoms with Crippen molar-refractivity contribution >= 4 is 17.2 Å². The van der Waals surface area contributed by atoms with Crippen molar-refractivity contribution < 1.29 is 9.18 Å². The van der Waals surface area contributed by atoms with Crippen molar-refractivity contribution in [3.8, 4) is 0 Å². The normalized spacial score (nSPS) is 16.6. The lowest BCUT2D eigenvalue weighted by atomic mass is 9.90. The Morgan fingerprint density at radius 3 is 2.53 bits per heavy atom. The van der Waals surface area contributed by atoms with Gasteiger partial charge in [-0.2, -0.15) is 0 Å². The molecule has 1 heterocycles. The van der Waals surface area contributed by atoms with Gasteiger partial charge in [0.05, 0.1) is 0 Å². The van der Waals surface area contributed by atoms with Gasteiger partial charge >= 0.3 is 0 Å². The minimum Gasteiger partial charge on any atom is -0.393 e. The molecule has 5 heteroatoms. The van der Waals surface area contributed by atoms with Crippen LogP contribution in [-0.2, 0) is 13.0 Å². The zero-order valence-corrected chi connectivity index (χ0v) is 19.4. The van der Waals surface area contributed by atoms with E-state index in [1.807, 2.05) is 12.1 Å². The predicted octanol–water partition coefficient (Wildman–Crippen LogP) is 5.53. The zero-order chi connectivity index (χ0) is 23.0. The SMILES string of the molecule is CN/C=C(\C(C)=N)c1ccc(Cc2cc3c(c(C)c2C)CN(C2CCCC2)C3=O)c(F)c1. The Labute approximate surface area is 190 Å². The third-order valence-corrected chi connectivity index (χ3v) is 7.16. The Morgan fingerprint density at radius 2 is 1.91 bits per heavy atom. The van der Waals surface area contributed by atoms with Gasteiger partial charge in [-0.1, -0.05) is 25.0 Å². The molecular weight excluding hydrogens is 401 g/mol. The fraction of sp³-hybridized carbons (Fsp3) is 0.407. The van der Waals surface area contributed by atoms with Gasteiger partial charge in [-0.25, -0.2) is 4.39 Å². The maximum Gasteiger partial charge on any atom is 0.254 e. The molecule has 2 aromatic rings. The minimum atomic E-state index is -0.290. The highest BCUT2D eigenvalue weighted by Crippen LogP contribution is 2.36. The summed E-state index contributed by atoms with van der Waals surface area (Å²) in [6.45, 7) is 6.56. The van der Waals surface area contributed by atoms with Gasteiger partial charge in [0.2, 0.25) is 0 Å². The first-order chi connectivity index (χ1) is 15.3. The molecule has 1 amide bonds. The van der Waals surface area contributed by atoms with Crippen molar-refractivity contribution in [1.82, 2.24) is 10.2 Å². The van der Waals surface area contributed by atoms with E-state index < -0.39 is 0 Å². The molecule has 32 heavy (non-hydrogen) atoms. The van der Waals surface area contributed by atoms with Crippen LogP contribution in [0.3, 0.4) is 0 Å². The van der Waals surface area contributed by atoms with E-state index >= 15 is 4.39 Å². The standard InChI is InChI=1S/C27H32FN3O/c1-16-17(2)25-15-31(22-7-5-6-8-22)27(32)23(25)12-21(16)11-20-10-9-19(13-26(20)28)24(14-30-4)18(3)29/h9-10,12-14,22,29-30H,5-8,11,15H2,1-4H3/b24-14+,29-18?. The maximum absolute atomic E-state index is 15.1. The van der Waals surface area contributed by atoms with Gasteiger partial charge in [-0.05, 0) is 79.1 Å². The second-order valence-electron chi connectivity index (χ2n) is 9.14. The number of nitrogens with zero attached hydrogens (tertiary/aromatic N) is 1. The summed E-state index contributed by atoms with van der Waals surface area (Å²) in [6.07, 6.45) is 6.75. The quantitative estimate of drug-likeness (QED) is 0.589. The summed E-state index contributed by atoms with van der Waals surface area (Å²) in [6, 6.07) is 7.52. The zero-order valence-electron chi connectivity index (χ0n) is 19.4. The lowest BCUT2D eigenvalue weighted by Crippen LogP contribution is -2.33. The molecule has 1 aliphatic carbocycles. The monoisotopic (exact) mass is 433 g/mol. The van der Waals surface area contributed by atoms with Crippen LogP contribution < -0.4 is 5.32 Å². The van der Waals surface area contributed by atoms with E-state index in [4.69, 9.17) is 5.41 Å². The molecule has 0 saturated heterocycles. The number of carbonyl (C=O) groups is 1. The van der Waals surface area contributed by atoms with E-state index in [1.54, 1.807) is 26.2 Å². The molecule has 0 unspecified atom stereocenters. The number of nitrogens with one attached hydrogen (secondary N) is 2. The minimum absolute atomic E-state index is 0.135. The molecule has 1 fully saturated rings. The molecule has 0 radical (unpaired) electrons. The molecule has 0 spiro atoms. The van der Waals surface area contributed by atoms with Gasteiger partial charge in [0.1, 0.15) is 5.82 Å². The highest BCUT2D eigenvalue weighted by Gasteiger charge is 2.35. The predicted molar refractivity (Wildman–Crippen MR) is 128 cm³/mol. The van der Waals surface area contributed by atoms with E-state index in [0.717, 1.165) is 40.7 Å². The summed E-state index contributed by atoms with van der Waals surface area (Å²) in [5.74, 6) is -0.155. The molecule has 0 atom stereocenters. The molecule has 2 aliphatic rings. The molecule has 0 bridgehead atoms. The van der Waals surface area contributed by atoms with Gasteiger partial charge in [0.15, 0.2) is 0 Å². The maximum atomic E-state index is 15.1. The Kier molecular flexibility index (Phi) is 6.18. The Hall–Kier alpha value is -2.95. The van der Waals surface area contributed by atoms with Crippen LogP contribution in [0.5, 0.6) is 0 Å². The smallest absolute Gasteiger partial charge is 0.254 e. The Balaban J connectivity index is 1.64. The summed E-state index contributed by atoms with van der Waals surface area (Å²) in [5.41, 5.74) is 7.55. The fourth-order valence-corrected chi connectivity index (χ4v) is 5.14. The largest absolute Gasteiger partial charge is 0.393 e.